The first-order valence-corrected chi connectivity index (χ1v) is 7.84. The van der Waals surface area contributed by atoms with Crippen LogP contribution in [0.5, 0.6) is 0 Å². The molecule has 3 atom stereocenters. The van der Waals surface area contributed by atoms with Gasteiger partial charge in [-0.2, -0.15) is 5.10 Å². The quantitative estimate of drug-likeness (QED) is 0.872. The topological polar surface area (TPSA) is 39.1 Å². The van der Waals surface area contributed by atoms with Crippen molar-refractivity contribution in [2.24, 2.45) is 11.8 Å². The van der Waals surface area contributed by atoms with Crippen LogP contribution in [0.2, 0.25) is 0 Å². The monoisotopic (exact) mass is 329 g/mol. The second-order valence-electron chi connectivity index (χ2n) is 5.54. The Hall–Kier alpha value is -0.390. The molecule has 2 rings (SSSR count). The fourth-order valence-electron chi connectivity index (χ4n) is 3.19. The van der Waals surface area contributed by atoms with E-state index in [1.54, 1.807) is 7.11 Å². The molecule has 0 radical (unpaired) electrons. The van der Waals surface area contributed by atoms with Gasteiger partial charge in [0.05, 0.1) is 35.6 Å². The Balaban J connectivity index is 2.19. The Morgan fingerprint density at radius 2 is 2.37 bits per heavy atom. The van der Waals surface area contributed by atoms with Crippen molar-refractivity contribution in [2.75, 3.05) is 20.8 Å². The van der Waals surface area contributed by atoms with Gasteiger partial charge < -0.3 is 10.1 Å². The van der Waals surface area contributed by atoms with Crippen LogP contribution in [-0.2, 0) is 11.3 Å². The second kappa shape index (κ2) is 6.86. The number of ether oxygens (including phenoxy) is 1. The van der Waals surface area contributed by atoms with Gasteiger partial charge in [-0.25, -0.2) is 0 Å². The third-order valence-electron chi connectivity index (χ3n) is 4.15. The molecule has 0 spiro atoms. The molecule has 5 heteroatoms. The highest BCUT2D eigenvalue weighted by molar-refractivity contribution is 9.10. The minimum atomic E-state index is 0.374. The summed E-state index contributed by atoms with van der Waals surface area (Å²) < 4.78 is 8.34. The molecule has 1 aliphatic rings. The number of hydrogen-bond donors (Lipinski definition) is 1. The van der Waals surface area contributed by atoms with Crippen LogP contribution in [0, 0.1) is 11.8 Å². The molecule has 1 aromatic rings. The Morgan fingerprint density at radius 3 is 2.95 bits per heavy atom. The fraction of sp³-hybridized carbons (Fsp3) is 0.786. The number of nitrogens with zero attached hydrogens (tertiary/aromatic N) is 2. The van der Waals surface area contributed by atoms with Crippen molar-refractivity contribution in [1.82, 2.24) is 15.1 Å². The zero-order valence-corrected chi connectivity index (χ0v) is 13.6. The zero-order chi connectivity index (χ0) is 13.8. The summed E-state index contributed by atoms with van der Waals surface area (Å²) in [6.45, 7) is 3.85. The van der Waals surface area contributed by atoms with E-state index in [2.05, 4.69) is 38.0 Å². The van der Waals surface area contributed by atoms with Crippen LogP contribution in [-0.4, -0.2) is 30.5 Å². The summed E-state index contributed by atoms with van der Waals surface area (Å²) in [5, 5.41) is 7.96. The van der Waals surface area contributed by atoms with E-state index >= 15 is 0 Å². The van der Waals surface area contributed by atoms with Gasteiger partial charge in [-0.3, -0.25) is 4.68 Å². The van der Waals surface area contributed by atoms with Crippen LogP contribution in [0.15, 0.2) is 10.7 Å². The predicted molar refractivity (Wildman–Crippen MR) is 80.1 cm³/mol. The largest absolute Gasteiger partial charge is 0.383 e. The van der Waals surface area contributed by atoms with E-state index in [1.165, 1.54) is 25.0 Å². The van der Waals surface area contributed by atoms with Gasteiger partial charge in [0.25, 0.3) is 0 Å². The predicted octanol–water partition coefficient (Wildman–Crippen LogP) is 2.99. The summed E-state index contributed by atoms with van der Waals surface area (Å²) in [4.78, 5) is 0. The van der Waals surface area contributed by atoms with Crippen molar-refractivity contribution < 1.29 is 4.74 Å². The number of hydrogen-bond acceptors (Lipinski definition) is 3. The molecule has 1 aliphatic carbocycles. The van der Waals surface area contributed by atoms with E-state index < -0.39 is 0 Å². The van der Waals surface area contributed by atoms with Gasteiger partial charge in [-0.05, 0) is 47.7 Å². The minimum absolute atomic E-state index is 0.374. The van der Waals surface area contributed by atoms with Crippen LogP contribution < -0.4 is 5.32 Å². The molecule has 1 aromatic heterocycles. The molecule has 108 valence electrons. The first-order chi connectivity index (χ1) is 9.17. The Kier molecular flexibility index (Phi) is 5.42. The average molecular weight is 330 g/mol. The fourth-order valence-corrected chi connectivity index (χ4v) is 3.73. The van der Waals surface area contributed by atoms with E-state index in [-0.39, 0.29) is 0 Å². The second-order valence-corrected chi connectivity index (χ2v) is 6.39. The molecule has 0 saturated heterocycles. The number of nitrogens with one attached hydrogen (secondary N) is 1. The van der Waals surface area contributed by atoms with Crippen molar-refractivity contribution >= 4 is 15.9 Å². The first kappa shape index (κ1) is 15.0. The van der Waals surface area contributed by atoms with Gasteiger partial charge in [0.15, 0.2) is 0 Å². The van der Waals surface area contributed by atoms with Crippen LogP contribution >= 0.6 is 15.9 Å². The highest BCUT2D eigenvalue weighted by Gasteiger charge is 2.32. The van der Waals surface area contributed by atoms with Crippen LogP contribution in [0.3, 0.4) is 0 Å². The maximum Gasteiger partial charge on any atom is 0.0699 e. The number of methoxy groups -OCH3 is 1. The van der Waals surface area contributed by atoms with E-state index in [0.29, 0.717) is 18.6 Å². The highest BCUT2D eigenvalue weighted by Crippen LogP contribution is 2.40. The maximum atomic E-state index is 5.17. The Labute approximate surface area is 124 Å². The van der Waals surface area contributed by atoms with Crippen LogP contribution in [0.4, 0.5) is 0 Å². The van der Waals surface area contributed by atoms with Gasteiger partial charge in [-0.15, -0.1) is 0 Å². The molecule has 0 amide bonds. The van der Waals surface area contributed by atoms with Crippen molar-refractivity contribution in [3.8, 4) is 0 Å². The lowest BCUT2D eigenvalue weighted by atomic mass is 9.94. The molecule has 0 aromatic carbocycles. The summed E-state index contributed by atoms with van der Waals surface area (Å²) in [5.74, 6) is 1.55. The zero-order valence-electron chi connectivity index (χ0n) is 12.0. The molecule has 1 N–H and O–H groups in total. The Bertz CT molecular complexity index is 407. The van der Waals surface area contributed by atoms with Crippen LogP contribution in [0.1, 0.15) is 37.9 Å². The van der Waals surface area contributed by atoms with Crippen molar-refractivity contribution in [2.45, 2.75) is 38.8 Å². The minimum Gasteiger partial charge on any atom is -0.383 e. The van der Waals surface area contributed by atoms with Crippen molar-refractivity contribution in [3.05, 3.63) is 16.4 Å². The van der Waals surface area contributed by atoms with E-state index in [4.69, 9.17) is 4.74 Å². The molecular weight excluding hydrogens is 306 g/mol. The number of halogens is 1. The van der Waals surface area contributed by atoms with Gasteiger partial charge >= 0.3 is 0 Å². The first-order valence-electron chi connectivity index (χ1n) is 7.04. The highest BCUT2D eigenvalue weighted by atomic mass is 79.9. The number of rotatable bonds is 6. The molecule has 3 unspecified atom stereocenters. The van der Waals surface area contributed by atoms with Gasteiger partial charge in [-0.1, -0.05) is 13.3 Å². The summed E-state index contributed by atoms with van der Waals surface area (Å²) in [5.41, 5.74) is 1.26. The standard InChI is InChI=1S/C14H24BrN3O/c1-10-4-5-11(8-10)13(16-2)14-12(15)9-17-18(14)6-7-19-3/h9-11,13,16H,4-8H2,1-3H3. The van der Waals surface area contributed by atoms with E-state index in [9.17, 15) is 0 Å². The lowest BCUT2D eigenvalue weighted by Gasteiger charge is -2.25. The van der Waals surface area contributed by atoms with E-state index in [1.807, 2.05) is 13.2 Å². The number of aromatic nitrogens is 2. The smallest absolute Gasteiger partial charge is 0.0699 e. The summed E-state index contributed by atoms with van der Waals surface area (Å²) in [7, 11) is 3.78. The molecule has 4 nitrogen and oxygen atoms in total. The maximum absolute atomic E-state index is 5.17. The molecule has 1 heterocycles. The van der Waals surface area contributed by atoms with Gasteiger partial charge in [0.2, 0.25) is 0 Å². The lowest BCUT2D eigenvalue weighted by molar-refractivity contribution is 0.180. The van der Waals surface area contributed by atoms with Crippen LogP contribution in [0.25, 0.3) is 0 Å². The molecule has 1 fully saturated rings. The third-order valence-corrected chi connectivity index (χ3v) is 4.76. The molecular formula is C14H24BrN3O. The summed E-state index contributed by atoms with van der Waals surface area (Å²) in [6.07, 6.45) is 5.84. The van der Waals surface area contributed by atoms with E-state index in [0.717, 1.165) is 16.9 Å². The third kappa shape index (κ3) is 3.38. The molecule has 0 aliphatic heterocycles. The van der Waals surface area contributed by atoms with Crippen molar-refractivity contribution in [3.63, 3.8) is 0 Å². The molecule has 1 saturated carbocycles. The SMILES string of the molecule is CNC(c1c(Br)cnn1CCOC)C1CCC(C)C1. The van der Waals surface area contributed by atoms with Crippen molar-refractivity contribution in [1.29, 1.82) is 0 Å². The average Bonchev–Trinajstić information content (AvgIpc) is 2.97. The molecule has 0 bridgehead atoms. The summed E-state index contributed by atoms with van der Waals surface area (Å²) >= 11 is 3.65. The summed E-state index contributed by atoms with van der Waals surface area (Å²) in [6, 6.07) is 0.374. The lowest BCUT2D eigenvalue weighted by Crippen LogP contribution is -2.27. The normalized spacial score (nSPS) is 24.8. The van der Waals surface area contributed by atoms with Gasteiger partial charge in [0, 0.05) is 7.11 Å². The van der Waals surface area contributed by atoms with Gasteiger partial charge in [0.1, 0.15) is 0 Å². The Morgan fingerprint density at radius 1 is 1.58 bits per heavy atom. The molecule has 19 heavy (non-hydrogen) atoms.